The van der Waals surface area contributed by atoms with Crippen LogP contribution in [-0.2, 0) is 11.3 Å². The molecular formula is C16H23ClN2O. The van der Waals surface area contributed by atoms with Gasteiger partial charge in [0.05, 0.1) is 16.4 Å². The summed E-state index contributed by atoms with van der Waals surface area (Å²) in [5.41, 5.74) is 3.43. The largest absolute Gasteiger partial charge is 0.381 e. The van der Waals surface area contributed by atoms with E-state index in [1.165, 1.54) is 11.1 Å². The Bertz CT molecular complexity index is 563. The topological polar surface area (TPSA) is 27.1 Å². The van der Waals surface area contributed by atoms with Crippen LogP contribution in [0.25, 0.3) is 11.0 Å². The van der Waals surface area contributed by atoms with Crippen LogP contribution in [0.2, 0.25) is 0 Å². The molecule has 1 atom stereocenters. The second-order valence-corrected chi connectivity index (χ2v) is 5.80. The Kier molecular flexibility index (Phi) is 5.44. The fourth-order valence-corrected chi connectivity index (χ4v) is 2.58. The van der Waals surface area contributed by atoms with Crippen LogP contribution in [0.1, 0.15) is 43.5 Å². The molecule has 0 fully saturated rings. The first-order chi connectivity index (χ1) is 9.65. The summed E-state index contributed by atoms with van der Waals surface area (Å²) in [5.74, 6) is 0.950. The van der Waals surface area contributed by atoms with Crippen LogP contribution in [0, 0.1) is 6.92 Å². The summed E-state index contributed by atoms with van der Waals surface area (Å²) in [6, 6.07) is 6.28. The molecule has 0 aliphatic heterocycles. The summed E-state index contributed by atoms with van der Waals surface area (Å²) in [6.45, 7) is 8.71. The molecule has 1 aromatic carbocycles. The van der Waals surface area contributed by atoms with Gasteiger partial charge in [-0.05, 0) is 38.3 Å². The minimum atomic E-state index is -0.0849. The van der Waals surface area contributed by atoms with E-state index in [1.807, 2.05) is 6.92 Å². The fraction of sp³-hybridized carbons (Fsp3) is 0.562. The Labute approximate surface area is 125 Å². The number of alkyl halides is 1. The second kappa shape index (κ2) is 7.09. The van der Waals surface area contributed by atoms with Crippen LogP contribution in [0.15, 0.2) is 18.2 Å². The van der Waals surface area contributed by atoms with Crippen LogP contribution in [0.3, 0.4) is 0 Å². The molecule has 4 heteroatoms. The summed E-state index contributed by atoms with van der Waals surface area (Å²) >= 11 is 6.28. The molecule has 0 saturated heterocycles. The molecule has 0 spiro atoms. The van der Waals surface area contributed by atoms with Gasteiger partial charge in [0.2, 0.25) is 0 Å². The van der Waals surface area contributed by atoms with Crippen molar-refractivity contribution in [2.24, 2.45) is 0 Å². The first-order valence-corrected chi connectivity index (χ1v) is 7.76. The van der Waals surface area contributed by atoms with Gasteiger partial charge in [0.1, 0.15) is 5.82 Å². The first kappa shape index (κ1) is 15.3. The van der Waals surface area contributed by atoms with Crippen molar-refractivity contribution in [3.05, 3.63) is 29.6 Å². The van der Waals surface area contributed by atoms with E-state index in [2.05, 4.69) is 36.6 Å². The van der Waals surface area contributed by atoms with Crippen LogP contribution in [-0.4, -0.2) is 22.8 Å². The number of rotatable bonds is 7. The Morgan fingerprint density at radius 1 is 1.35 bits per heavy atom. The molecule has 0 saturated carbocycles. The molecule has 0 aliphatic rings. The van der Waals surface area contributed by atoms with Crippen molar-refractivity contribution in [1.82, 2.24) is 9.55 Å². The molecular weight excluding hydrogens is 272 g/mol. The van der Waals surface area contributed by atoms with Crippen LogP contribution < -0.4 is 0 Å². The molecule has 1 aromatic heterocycles. The van der Waals surface area contributed by atoms with Crippen molar-refractivity contribution >= 4 is 22.6 Å². The molecule has 2 rings (SSSR count). The third-order valence-electron chi connectivity index (χ3n) is 3.38. The Morgan fingerprint density at radius 3 is 2.85 bits per heavy atom. The Morgan fingerprint density at radius 2 is 2.15 bits per heavy atom. The highest BCUT2D eigenvalue weighted by molar-refractivity contribution is 6.20. The lowest BCUT2D eigenvalue weighted by atomic mass is 10.2. The highest BCUT2D eigenvalue weighted by Crippen LogP contribution is 2.26. The highest BCUT2D eigenvalue weighted by atomic mass is 35.5. The average molecular weight is 295 g/mol. The number of ether oxygens (including phenoxy) is 1. The SMILES string of the molecule is CCCOCCCn1c(C(C)Cl)nc2c(C)cccc21. The Hall–Kier alpha value is -1.06. The third kappa shape index (κ3) is 3.33. The van der Waals surface area contributed by atoms with E-state index in [9.17, 15) is 0 Å². The lowest BCUT2D eigenvalue weighted by Crippen LogP contribution is -2.07. The number of hydrogen-bond acceptors (Lipinski definition) is 2. The quantitative estimate of drug-likeness (QED) is 0.557. The van der Waals surface area contributed by atoms with Crippen LogP contribution >= 0.6 is 11.6 Å². The van der Waals surface area contributed by atoms with Gasteiger partial charge in [0.25, 0.3) is 0 Å². The van der Waals surface area contributed by atoms with E-state index in [-0.39, 0.29) is 5.38 Å². The molecule has 0 aliphatic carbocycles. The first-order valence-electron chi connectivity index (χ1n) is 7.32. The van der Waals surface area contributed by atoms with Crippen molar-refractivity contribution in [3.63, 3.8) is 0 Å². The average Bonchev–Trinajstić information content (AvgIpc) is 2.79. The number of halogens is 1. The number of benzene rings is 1. The summed E-state index contributed by atoms with van der Waals surface area (Å²) < 4.78 is 7.78. The summed E-state index contributed by atoms with van der Waals surface area (Å²) in [6.07, 6.45) is 2.05. The lowest BCUT2D eigenvalue weighted by molar-refractivity contribution is 0.129. The fourth-order valence-electron chi connectivity index (χ4n) is 2.41. The van der Waals surface area contributed by atoms with Gasteiger partial charge in [-0.25, -0.2) is 4.98 Å². The second-order valence-electron chi connectivity index (χ2n) is 5.15. The van der Waals surface area contributed by atoms with Crippen molar-refractivity contribution in [1.29, 1.82) is 0 Å². The summed E-state index contributed by atoms with van der Waals surface area (Å²) in [5, 5.41) is -0.0849. The molecule has 2 aromatic rings. The van der Waals surface area contributed by atoms with Gasteiger partial charge in [-0.15, -0.1) is 11.6 Å². The predicted octanol–water partition coefficient (Wildman–Crippen LogP) is 4.46. The monoisotopic (exact) mass is 294 g/mol. The molecule has 0 N–H and O–H groups in total. The Balaban J connectivity index is 2.21. The van der Waals surface area contributed by atoms with Gasteiger partial charge in [0.15, 0.2) is 0 Å². The van der Waals surface area contributed by atoms with Gasteiger partial charge in [-0.2, -0.15) is 0 Å². The molecule has 110 valence electrons. The molecule has 0 radical (unpaired) electrons. The number of para-hydroxylation sites is 1. The number of aromatic nitrogens is 2. The summed E-state index contributed by atoms with van der Waals surface area (Å²) in [4.78, 5) is 4.72. The van der Waals surface area contributed by atoms with Gasteiger partial charge >= 0.3 is 0 Å². The maximum absolute atomic E-state index is 6.28. The zero-order valence-corrected chi connectivity index (χ0v) is 13.3. The minimum Gasteiger partial charge on any atom is -0.381 e. The van der Waals surface area contributed by atoms with E-state index >= 15 is 0 Å². The highest BCUT2D eigenvalue weighted by Gasteiger charge is 2.15. The number of aryl methyl sites for hydroxylation is 2. The maximum Gasteiger partial charge on any atom is 0.127 e. The van der Waals surface area contributed by atoms with E-state index in [0.29, 0.717) is 0 Å². The molecule has 3 nitrogen and oxygen atoms in total. The zero-order valence-electron chi connectivity index (χ0n) is 12.5. The van der Waals surface area contributed by atoms with Crippen molar-refractivity contribution < 1.29 is 4.74 Å². The zero-order chi connectivity index (χ0) is 14.5. The molecule has 1 heterocycles. The van der Waals surface area contributed by atoms with E-state index < -0.39 is 0 Å². The third-order valence-corrected chi connectivity index (χ3v) is 3.58. The smallest absolute Gasteiger partial charge is 0.127 e. The molecule has 0 amide bonds. The van der Waals surface area contributed by atoms with Gasteiger partial charge < -0.3 is 9.30 Å². The van der Waals surface area contributed by atoms with Crippen LogP contribution in [0.4, 0.5) is 0 Å². The van der Waals surface area contributed by atoms with Crippen LogP contribution in [0.5, 0.6) is 0 Å². The minimum absolute atomic E-state index is 0.0849. The number of nitrogens with zero attached hydrogens (tertiary/aromatic N) is 2. The standard InChI is InChI=1S/C16H23ClN2O/c1-4-10-20-11-6-9-19-14-8-5-7-12(2)15(14)18-16(19)13(3)17/h5,7-8,13H,4,6,9-11H2,1-3H3. The molecule has 0 bridgehead atoms. The predicted molar refractivity (Wildman–Crippen MR) is 84.5 cm³/mol. The van der Waals surface area contributed by atoms with Crippen molar-refractivity contribution in [2.45, 2.75) is 45.5 Å². The van der Waals surface area contributed by atoms with Gasteiger partial charge in [-0.1, -0.05) is 19.1 Å². The van der Waals surface area contributed by atoms with Crippen molar-refractivity contribution in [2.75, 3.05) is 13.2 Å². The summed E-state index contributed by atoms with van der Waals surface area (Å²) in [7, 11) is 0. The van der Waals surface area contributed by atoms with Crippen molar-refractivity contribution in [3.8, 4) is 0 Å². The van der Waals surface area contributed by atoms with Gasteiger partial charge in [0, 0.05) is 19.8 Å². The maximum atomic E-state index is 6.28. The number of hydrogen-bond donors (Lipinski definition) is 0. The molecule has 20 heavy (non-hydrogen) atoms. The number of imidazole rings is 1. The van der Waals surface area contributed by atoms with E-state index in [0.717, 1.165) is 43.9 Å². The van der Waals surface area contributed by atoms with E-state index in [1.54, 1.807) is 0 Å². The lowest BCUT2D eigenvalue weighted by Gasteiger charge is -2.10. The van der Waals surface area contributed by atoms with Gasteiger partial charge in [-0.3, -0.25) is 0 Å². The van der Waals surface area contributed by atoms with E-state index in [4.69, 9.17) is 21.3 Å². The number of fused-ring (bicyclic) bond motifs is 1. The normalized spacial score (nSPS) is 13.0. The molecule has 1 unspecified atom stereocenters.